The number of benzene rings is 1. The van der Waals surface area contributed by atoms with E-state index in [0.29, 0.717) is 30.4 Å². The summed E-state index contributed by atoms with van der Waals surface area (Å²) >= 11 is 0. The molecule has 1 aliphatic rings. The van der Waals surface area contributed by atoms with Crippen LogP contribution in [0.5, 0.6) is 11.6 Å². The molecule has 1 unspecified atom stereocenters. The van der Waals surface area contributed by atoms with E-state index in [1.165, 1.54) is 10.5 Å². The molecule has 9 heteroatoms. The van der Waals surface area contributed by atoms with E-state index in [2.05, 4.69) is 9.97 Å². The number of sulfonamides is 1. The molecule has 0 amide bonds. The molecule has 1 saturated heterocycles. The second kappa shape index (κ2) is 8.32. The Hall–Kier alpha value is -2.39. The number of hydrogen-bond acceptors (Lipinski definition) is 7. The average Bonchev–Trinajstić information content (AvgIpc) is 3.11. The minimum absolute atomic E-state index is 0.0352. The molecule has 0 bridgehead atoms. The smallest absolute Gasteiger partial charge is 0.243 e. The largest absolute Gasteiger partial charge is 0.491 e. The van der Waals surface area contributed by atoms with Gasteiger partial charge in [0.15, 0.2) is 5.82 Å². The van der Waals surface area contributed by atoms with Gasteiger partial charge in [-0.2, -0.15) is 9.29 Å². The summed E-state index contributed by atoms with van der Waals surface area (Å²) in [6.07, 6.45) is 3.56. The number of hydrogen-bond donors (Lipinski definition) is 0. The fourth-order valence-corrected chi connectivity index (χ4v) is 4.39. The number of rotatable bonds is 7. The van der Waals surface area contributed by atoms with E-state index in [4.69, 9.17) is 9.47 Å². The number of ether oxygens (including phenoxy) is 2. The number of nitrogens with zero attached hydrogens (tertiary/aromatic N) is 4. The Labute approximate surface area is 166 Å². The van der Waals surface area contributed by atoms with Crippen LogP contribution in [0.15, 0.2) is 41.6 Å². The third-order valence-electron chi connectivity index (χ3n) is 4.29. The molecule has 0 N–H and O–H groups in total. The molecule has 2 heterocycles. The molecule has 1 atom stereocenters. The van der Waals surface area contributed by atoms with Gasteiger partial charge in [0.25, 0.3) is 0 Å². The van der Waals surface area contributed by atoms with E-state index in [-0.39, 0.29) is 23.6 Å². The Balaban J connectivity index is 1.66. The molecule has 0 saturated carbocycles. The topological polar surface area (TPSA) is 84.9 Å². The lowest BCUT2D eigenvalue weighted by Crippen LogP contribution is -2.31. The number of anilines is 1. The van der Waals surface area contributed by atoms with Crippen molar-refractivity contribution in [3.8, 4) is 11.6 Å². The molecule has 3 rings (SSSR count). The van der Waals surface area contributed by atoms with Crippen molar-refractivity contribution < 1.29 is 17.9 Å². The number of aromatic nitrogens is 2. The first-order valence-electron chi connectivity index (χ1n) is 9.18. The van der Waals surface area contributed by atoms with Crippen LogP contribution in [0.4, 0.5) is 5.82 Å². The zero-order valence-corrected chi connectivity index (χ0v) is 17.4. The minimum atomic E-state index is -3.58. The van der Waals surface area contributed by atoms with Gasteiger partial charge >= 0.3 is 0 Å². The van der Waals surface area contributed by atoms with E-state index in [1.54, 1.807) is 30.5 Å². The van der Waals surface area contributed by atoms with Gasteiger partial charge in [0.2, 0.25) is 15.9 Å². The van der Waals surface area contributed by atoms with E-state index < -0.39 is 10.0 Å². The molecule has 1 fully saturated rings. The third-order valence-corrected chi connectivity index (χ3v) is 6.17. The van der Waals surface area contributed by atoms with Crippen LogP contribution in [-0.2, 0) is 10.0 Å². The molecule has 0 spiro atoms. The van der Waals surface area contributed by atoms with Crippen molar-refractivity contribution in [1.29, 1.82) is 0 Å². The van der Waals surface area contributed by atoms with Crippen LogP contribution in [0.3, 0.4) is 0 Å². The van der Waals surface area contributed by atoms with Gasteiger partial charge in [-0.25, -0.2) is 8.42 Å². The van der Waals surface area contributed by atoms with E-state index in [0.717, 1.165) is 0 Å². The minimum Gasteiger partial charge on any atom is -0.491 e. The summed E-state index contributed by atoms with van der Waals surface area (Å²) < 4.78 is 38.7. The summed E-state index contributed by atoms with van der Waals surface area (Å²) in [6.45, 7) is 4.53. The van der Waals surface area contributed by atoms with E-state index in [9.17, 15) is 8.42 Å². The molecule has 152 valence electrons. The zero-order valence-electron chi connectivity index (χ0n) is 16.6. The van der Waals surface area contributed by atoms with E-state index in [1.807, 2.05) is 32.8 Å². The van der Waals surface area contributed by atoms with Crippen LogP contribution >= 0.6 is 0 Å². The van der Waals surface area contributed by atoms with Crippen molar-refractivity contribution in [2.24, 2.45) is 0 Å². The standard InChI is InChI=1S/C19H26N4O4S/c1-14(2)26-15-5-7-17(8-6-15)28(24,25)23-10-9-16(13-23)27-19-12-20-11-18(21-19)22(3)4/h5-8,11-12,14,16H,9-10,13H2,1-4H3. The lowest BCUT2D eigenvalue weighted by molar-refractivity contribution is 0.206. The second-order valence-electron chi connectivity index (χ2n) is 7.14. The van der Waals surface area contributed by atoms with Crippen LogP contribution < -0.4 is 14.4 Å². The van der Waals surface area contributed by atoms with Gasteiger partial charge in [-0.3, -0.25) is 4.98 Å². The molecule has 1 aliphatic heterocycles. The zero-order chi connectivity index (χ0) is 20.3. The molecular formula is C19H26N4O4S. The van der Waals surface area contributed by atoms with Gasteiger partial charge < -0.3 is 14.4 Å². The van der Waals surface area contributed by atoms with Crippen LogP contribution in [0.2, 0.25) is 0 Å². The van der Waals surface area contributed by atoms with Gasteiger partial charge in [-0.15, -0.1) is 0 Å². The fourth-order valence-electron chi connectivity index (χ4n) is 2.90. The Morgan fingerprint density at radius 2 is 1.89 bits per heavy atom. The lowest BCUT2D eigenvalue weighted by Gasteiger charge is -2.18. The van der Waals surface area contributed by atoms with Crippen LogP contribution in [0, 0.1) is 0 Å². The van der Waals surface area contributed by atoms with Gasteiger partial charge in [0, 0.05) is 20.6 Å². The predicted molar refractivity (Wildman–Crippen MR) is 106 cm³/mol. The van der Waals surface area contributed by atoms with Crippen molar-refractivity contribution in [3.05, 3.63) is 36.7 Å². The summed E-state index contributed by atoms with van der Waals surface area (Å²) in [5.41, 5.74) is 0. The molecule has 2 aromatic rings. The van der Waals surface area contributed by atoms with Crippen molar-refractivity contribution in [1.82, 2.24) is 14.3 Å². The molecule has 1 aromatic heterocycles. The van der Waals surface area contributed by atoms with Crippen LogP contribution in [0.1, 0.15) is 20.3 Å². The maximum Gasteiger partial charge on any atom is 0.243 e. The van der Waals surface area contributed by atoms with Gasteiger partial charge in [0.1, 0.15) is 11.9 Å². The average molecular weight is 407 g/mol. The Bertz CT molecular complexity index is 900. The molecule has 0 aliphatic carbocycles. The first-order chi connectivity index (χ1) is 13.3. The Kier molecular flexibility index (Phi) is 6.04. The summed E-state index contributed by atoms with van der Waals surface area (Å²) in [6, 6.07) is 6.51. The summed E-state index contributed by atoms with van der Waals surface area (Å²) in [5, 5.41) is 0. The second-order valence-corrected chi connectivity index (χ2v) is 9.08. The van der Waals surface area contributed by atoms with Gasteiger partial charge in [0.05, 0.1) is 29.9 Å². The highest BCUT2D eigenvalue weighted by Gasteiger charge is 2.34. The maximum atomic E-state index is 12.9. The SMILES string of the molecule is CC(C)Oc1ccc(S(=O)(=O)N2CCC(Oc3cncc(N(C)C)n3)C2)cc1. The molecule has 1 aromatic carbocycles. The first kappa shape index (κ1) is 20.3. The van der Waals surface area contributed by atoms with Crippen LogP contribution in [-0.4, -0.2) is 62.1 Å². The van der Waals surface area contributed by atoms with Crippen molar-refractivity contribution in [2.75, 3.05) is 32.1 Å². The third kappa shape index (κ3) is 4.71. The van der Waals surface area contributed by atoms with Gasteiger partial charge in [-0.05, 0) is 44.5 Å². The monoisotopic (exact) mass is 406 g/mol. The van der Waals surface area contributed by atoms with Gasteiger partial charge in [-0.1, -0.05) is 0 Å². The lowest BCUT2D eigenvalue weighted by atomic mass is 10.3. The quantitative estimate of drug-likeness (QED) is 0.697. The predicted octanol–water partition coefficient (Wildman–Crippen LogP) is 2.17. The summed E-state index contributed by atoms with van der Waals surface area (Å²) in [4.78, 5) is 10.6. The Morgan fingerprint density at radius 1 is 1.18 bits per heavy atom. The molecule has 0 radical (unpaired) electrons. The Morgan fingerprint density at radius 3 is 2.54 bits per heavy atom. The maximum absolute atomic E-state index is 12.9. The molecule has 8 nitrogen and oxygen atoms in total. The highest BCUT2D eigenvalue weighted by Crippen LogP contribution is 2.25. The normalized spacial score (nSPS) is 17.7. The summed E-state index contributed by atoms with van der Waals surface area (Å²) in [7, 11) is 0.163. The highest BCUT2D eigenvalue weighted by atomic mass is 32.2. The van der Waals surface area contributed by atoms with E-state index >= 15 is 0 Å². The van der Waals surface area contributed by atoms with Crippen molar-refractivity contribution >= 4 is 15.8 Å². The van der Waals surface area contributed by atoms with Crippen LogP contribution in [0.25, 0.3) is 0 Å². The van der Waals surface area contributed by atoms with Crippen molar-refractivity contribution in [2.45, 2.75) is 37.4 Å². The molecular weight excluding hydrogens is 380 g/mol. The fraction of sp³-hybridized carbons (Fsp3) is 0.474. The highest BCUT2D eigenvalue weighted by molar-refractivity contribution is 7.89. The van der Waals surface area contributed by atoms with Crippen molar-refractivity contribution in [3.63, 3.8) is 0 Å². The summed E-state index contributed by atoms with van der Waals surface area (Å²) in [5.74, 6) is 1.73. The molecule has 28 heavy (non-hydrogen) atoms. The first-order valence-corrected chi connectivity index (χ1v) is 10.6.